The number of aromatic nitrogens is 3. The maximum Gasteiger partial charge on any atom is 0.216 e. The average Bonchev–Trinajstić information content (AvgIpc) is 3.39. The molecule has 5 rings (SSSR count). The fourth-order valence-corrected chi connectivity index (χ4v) is 4.33. The third-order valence-corrected chi connectivity index (χ3v) is 6.34. The number of nitrogens with one attached hydrogen (secondary N) is 3. The molecule has 1 aliphatic rings. The monoisotopic (exact) mass is 506 g/mol. The van der Waals surface area contributed by atoms with Gasteiger partial charge < -0.3 is 20.7 Å². The molecule has 1 amide bonds. The summed E-state index contributed by atoms with van der Waals surface area (Å²) in [5.74, 6) is 7.61. The van der Waals surface area contributed by atoms with Crippen LogP contribution in [0.3, 0.4) is 0 Å². The van der Waals surface area contributed by atoms with Crippen molar-refractivity contribution < 1.29 is 9.90 Å². The Morgan fingerprint density at radius 3 is 2.55 bits per heavy atom. The van der Waals surface area contributed by atoms with E-state index < -0.39 is 6.23 Å². The molecule has 0 radical (unpaired) electrons. The lowest BCUT2D eigenvalue weighted by molar-refractivity contribution is -0.118. The maximum atomic E-state index is 11.2. The number of carbonyl (C=O) groups is 1. The van der Waals surface area contributed by atoms with Crippen molar-refractivity contribution in [1.82, 2.24) is 25.2 Å². The summed E-state index contributed by atoms with van der Waals surface area (Å²) < 4.78 is 0. The molecular weight excluding hydrogens is 476 g/mol. The van der Waals surface area contributed by atoms with Crippen LogP contribution in [0.25, 0.3) is 22.4 Å². The van der Waals surface area contributed by atoms with Crippen molar-refractivity contribution in [3.8, 4) is 23.2 Å². The van der Waals surface area contributed by atoms with Gasteiger partial charge in [-0.05, 0) is 24.6 Å². The van der Waals surface area contributed by atoms with Gasteiger partial charge in [-0.25, -0.2) is 9.97 Å². The summed E-state index contributed by atoms with van der Waals surface area (Å²) in [7, 11) is 0. The highest BCUT2D eigenvalue weighted by Crippen LogP contribution is 2.29. The zero-order valence-electron chi connectivity index (χ0n) is 21.2. The Hall–Kier alpha value is -4.45. The minimum absolute atomic E-state index is 0.0820. The zero-order chi connectivity index (χ0) is 26.3. The number of rotatable bonds is 7. The minimum Gasteiger partial charge on any atom is -0.373 e. The summed E-state index contributed by atoms with van der Waals surface area (Å²) in [5.41, 5.74) is 4.25. The van der Waals surface area contributed by atoms with Crippen molar-refractivity contribution in [3.05, 3.63) is 89.6 Å². The first-order valence-corrected chi connectivity index (χ1v) is 12.7. The molecular formula is C30H30N6O2. The normalized spacial score (nSPS) is 14.3. The molecule has 0 bridgehead atoms. The van der Waals surface area contributed by atoms with Gasteiger partial charge in [0.15, 0.2) is 5.82 Å². The van der Waals surface area contributed by atoms with Crippen molar-refractivity contribution in [3.63, 3.8) is 0 Å². The molecule has 2 aromatic heterocycles. The SMILES string of the molecule is CC(=O)NCCNc1nc(-c2ccccc2)nc2[nH]c(C(O)N3CC=C(C#Cc4ccccc4)CC3)cc12. The summed E-state index contributed by atoms with van der Waals surface area (Å²) in [6.07, 6.45) is 2.02. The number of nitrogens with zero attached hydrogens (tertiary/aromatic N) is 3. The third-order valence-electron chi connectivity index (χ3n) is 6.34. The van der Waals surface area contributed by atoms with Crippen molar-refractivity contribution in [1.29, 1.82) is 0 Å². The predicted molar refractivity (Wildman–Crippen MR) is 149 cm³/mol. The van der Waals surface area contributed by atoms with Crippen LogP contribution in [0.4, 0.5) is 5.82 Å². The number of H-pyrrole nitrogens is 1. The van der Waals surface area contributed by atoms with Gasteiger partial charge in [0.1, 0.15) is 17.7 Å². The molecule has 192 valence electrons. The van der Waals surface area contributed by atoms with Crippen LogP contribution in [0.1, 0.15) is 30.8 Å². The number of aliphatic hydroxyl groups is 1. The Morgan fingerprint density at radius 1 is 1.08 bits per heavy atom. The van der Waals surface area contributed by atoms with Crippen LogP contribution in [0.15, 0.2) is 78.4 Å². The molecule has 1 aliphatic heterocycles. The van der Waals surface area contributed by atoms with Crippen LogP contribution < -0.4 is 10.6 Å². The molecule has 1 unspecified atom stereocenters. The fraction of sp³-hybridized carbons (Fsp3) is 0.233. The number of hydrogen-bond acceptors (Lipinski definition) is 6. The van der Waals surface area contributed by atoms with E-state index in [1.54, 1.807) is 0 Å². The first kappa shape index (κ1) is 25.2. The largest absolute Gasteiger partial charge is 0.373 e. The number of amides is 1. The molecule has 0 aliphatic carbocycles. The zero-order valence-corrected chi connectivity index (χ0v) is 21.2. The van der Waals surface area contributed by atoms with Gasteiger partial charge >= 0.3 is 0 Å². The number of benzene rings is 2. The highest BCUT2D eigenvalue weighted by Gasteiger charge is 2.23. The van der Waals surface area contributed by atoms with Crippen LogP contribution in [0.2, 0.25) is 0 Å². The van der Waals surface area contributed by atoms with Gasteiger partial charge in [0.2, 0.25) is 5.91 Å². The maximum absolute atomic E-state index is 11.2. The van der Waals surface area contributed by atoms with Crippen LogP contribution in [-0.2, 0) is 4.79 Å². The van der Waals surface area contributed by atoms with Crippen molar-refractivity contribution in [2.45, 2.75) is 19.6 Å². The van der Waals surface area contributed by atoms with Crippen LogP contribution in [0, 0.1) is 11.8 Å². The van der Waals surface area contributed by atoms with Crippen molar-refractivity contribution in [2.75, 3.05) is 31.5 Å². The lowest BCUT2D eigenvalue weighted by Gasteiger charge is -2.29. The second kappa shape index (κ2) is 11.7. The van der Waals surface area contributed by atoms with E-state index in [0.29, 0.717) is 49.2 Å². The number of aromatic amines is 1. The quantitative estimate of drug-likeness (QED) is 0.224. The summed E-state index contributed by atoms with van der Waals surface area (Å²) in [6.45, 7) is 3.75. The van der Waals surface area contributed by atoms with E-state index >= 15 is 0 Å². The molecule has 0 fully saturated rings. The van der Waals surface area contributed by atoms with E-state index in [2.05, 4.69) is 33.5 Å². The Balaban J connectivity index is 1.36. The summed E-state index contributed by atoms with van der Waals surface area (Å²) in [6, 6.07) is 21.6. The molecule has 0 saturated carbocycles. The lowest BCUT2D eigenvalue weighted by atomic mass is 10.1. The number of hydrogen-bond donors (Lipinski definition) is 4. The van der Waals surface area contributed by atoms with Gasteiger partial charge in [-0.3, -0.25) is 9.69 Å². The van der Waals surface area contributed by atoms with Crippen molar-refractivity contribution in [2.24, 2.45) is 0 Å². The number of carbonyl (C=O) groups excluding carboxylic acids is 1. The fourth-order valence-electron chi connectivity index (χ4n) is 4.33. The van der Waals surface area contributed by atoms with E-state index in [-0.39, 0.29) is 5.91 Å². The first-order valence-electron chi connectivity index (χ1n) is 12.7. The molecule has 0 spiro atoms. The Labute approximate surface area is 221 Å². The van der Waals surface area contributed by atoms with E-state index in [4.69, 9.17) is 9.97 Å². The van der Waals surface area contributed by atoms with Gasteiger partial charge in [-0.1, -0.05) is 66.4 Å². The molecule has 3 heterocycles. The number of aliphatic hydroxyl groups excluding tert-OH is 1. The van der Waals surface area contributed by atoms with E-state index in [9.17, 15) is 9.90 Å². The van der Waals surface area contributed by atoms with E-state index in [1.165, 1.54) is 6.92 Å². The number of fused-ring (bicyclic) bond motifs is 1. The minimum atomic E-state index is -0.823. The summed E-state index contributed by atoms with van der Waals surface area (Å²) in [5, 5.41) is 18.1. The van der Waals surface area contributed by atoms with E-state index in [1.807, 2.05) is 71.6 Å². The van der Waals surface area contributed by atoms with E-state index in [0.717, 1.165) is 28.5 Å². The van der Waals surface area contributed by atoms with Crippen LogP contribution >= 0.6 is 0 Å². The lowest BCUT2D eigenvalue weighted by Crippen LogP contribution is -2.32. The highest BCUT2D eigenvalue weighted by molar-refractivity contribution is 5.89. The molecule has 8 heteroatoms. The smallest absolute Gasteiger partial charge is 0.216 e. The highest BCUT2D eigenvalue weighted by atomic mass is 16.3. The average molecular weight is 507 g/mol. The van der Waals surface area contributed by atoms with Crippen LogP contribution in [-0.4, -0.2) is 57.0 Å². The molecule has 0 saturated heterocycles. The molecule has 38 heavy (non-hydrogen) atoms. The Bertz CT molecular complexity index is 1500. The Kier molecular flexibility index (Phi) is 7.78. The molecule has 2 aromatic carbocycles. The predicted octanol–water partition coefficient (Wildman–Crippen LogP) is 3.85. The molecule has 4 aromatic rings. The standard InChI is InChI=1S/C30H30N6O2/c1-21(37)31-16-17-32-28-25-20-26(33-29(25)35-27(34-28)24-10-6-3-7-11-24)30(38)36-18-14-23(15-19-36)13-12-22-8-4-2-5-9-22/h2-11,14,20,30,38H,15-19H2,1H3,(H,31,37)(H2,32,33,34,35). The second-order valence-corrected chi connectivity index (χ2v) is 9.12. The van der Waals surface area contributed by atoms with Gasteiger partial charge in [-0.15, -0.1) is 0 Å². The Morgan fingerprint density at radius 2 is 1.84 bits per heavy atom. The van der Waals surface area contributed by atoms with Gasteiger partial charge in [-0.2, -0.15) is 0 Å². The second-order valence-electron chi connectivity index (χ2n) is 9.12. The van der Waals surface area contributed by atoms with Gasteiger partial charge in [0.05, 0.1) is 11.1 Å². The van der Waals surface area contributed by atoms with Gasteiger partial charge in [0.25, 0.3) is 0 Å². The third kappa shape index (κ3) is 6.09. The summed E-state index contributed by atoms with van der Waals surface area (Å²) in [4.78, 5) is 26.0. The molecule has 4 N–H and O–H groups in total. The molecule has 8 nitrogen and oxygen atoms in total. The van der Waals surface area contributed by atoms with Gasteiger partial charge in [0, 0.05) is 49.8 Å². The first-order chi connectivity index (χ1) is 18.6. The summed E-state index contributed by atoms with van der Waals surface area (Å²) >= 11 is 0. The molecule has 1 atom stereocenters. The topological polar surface area (TPSA) is 106 Å². The van der Waals surface area contributed by atoms with Crippen molar-refractivity contribution >= 4 is 22.8 Å². The number of anilines is 1. The van der Waals surface area contributed by atoms with Crippen LogP contribution in [0.5, 0.6) is 0 Å².